The van der Waals surface area contributed by atoms with E-state index in [1.165, 1.54) is 47.8 Å². The lowest BCUT2D eigenvalue weighted by molar-refractivity contribution is 0.456. The van der Waals surface area contributed by atoms with Gasteiger partial charge >= 0.3 is 0 Å². The van der Waals surface area contributed by atoms with Gasteiger partial charge in [0, 0.05) is 53.4 Å². The van der Waals surface area contributed by atoms with Gasteiger partial charge in [-0.05, 0) is 19.3 Å². The molecule has 1 fully saturated rings. The van der Waals surface area contributed by atoms with Gasteiger partial charge in [0.15, 0.2) is 0 Å². The van der Waals surface area contributed by atoms with Crippen LogP contribution in [0.3, 0.4) is 0 Å². The zero-order valence-electron chi connectivity index (χ0n) is 10.9. The molecule has 2 unspecified atom stereocenters. The van der Waals surface area contributed by atoms with E-state index in [-0.39, 0.29) is 0 Å². The number of hydrogen-bond acceptors (Lipinski definition) is 4. The number of fused-ring (bicyclic) bond motifs is 1. The smallest absolute Gasteiger partial charge is 0.0540 e. The van der Waals surface area contributed by atoms with Gasteiger partial charge in [0.25, 0.3) is 0 Å². The molecule has 1 aromatic rings. The third kappa shape index (κ3) is 2.73. The molecular formula is C13H21N3S2. The molecular weight excluding hydrogens is 262 g/mol. The van der Waals surface area contributed by atoms with Crippen molar-refractivity contribution in [2.24, 2.45) is 7.05 Å². The molecule has 3 nitrogen and oxygen atoms in total. The van der Waals surface area contributed by atoms with Crippen molar-refractivity contribution >= 4 is 23.5 Å². The van der Waals surface area contributed by atoms with Crippen molar-refractivity contribution in [2.45, 2.75) is 30.6 Å². The zero-order valence-corrected chi connectivity index (χ0v) is 12.5. The molecule has 0 bridgehead atoms. The molecule has 0 spiro atoms. The molecule has 1 aromatic heterocycles. The minimum absolute atomic E-state index is 0.537. The van der Waals surface area contributed by atoms with Crippen molar-refractivity contribution < 1.29 is 0 Å². The maximum absolute atomic E-state index is 4.41. The minimum atomic E-state index is 0.537. The van der Waals surface area contributed by atoms with Gasteiger partial charge < -0.3 is 5.32 Å². The monoisotopic (exact) mass is 283 g/mol. The largest absolute Gasteiger partial charge is 0.309 e. The number of hydrogen-bond donors (Lipinski definition) is 1. The summed E-state index contributed by atoms with van der Waals surface area (Å²) in [4.78, 5) is 0. The molecule has 2 atom stereocenters. The highest BCUT2D eigenvalue weighted by Gasteiger charge is 2.24. The Labute approximate surface area is 117 Å². The van der Waals surface area contributed by atoms with Crippen molar-refractivity contribution in [3.63, 3.8) is 0 Å². The first-order valence-electron chi connectivity index (χ1n) is 6.78. The first kappa shape index (κ1) is 12.9. The van der Waals surface area contributed by atoms with Crippen LogP contribution in [0, 0.1) is 0 Å². The highest BCUT2D eigenvalue weighted by Crippen LogP contribution is 2.30. The molecule has 0 aromatic carbocycles. The summed E-state index contributed by atoms with van der Waals surface area (Å²) in [6.45, 7) is 1.15. The molecule has 2 aliphatic rings. The van der Waals surface area contributed by atoms with Gasteiger partial charge in [0.2, 0.25) is 0 Å². The van der Waals surface area contributed by atoms with E-state index in [0.29, 0.717) is 6.04 Å². The molecule has 2 heterocycles. The third-order valence-corrected chi connectivity index (χ3v) is 6.70. The second kappa shape index (κ2) is 5.88. The molecule has 5 heteroatoms. The number of nitrogens with one attached hydrogen (secondary N) is 1. The van der Waals surface area contributed by atoms with E-state index >= 15 is 0 Å². The van der Waals surface area contributed by atoms with E-state index < -0.39 is 0 Å². The average molecular weight is 283 g/mol. The Balaban J connectivity index is 1.60. The van der Waals surface area contributed by atoms with Crippen LogP contribution in [0.4, 0.5) is 0 Å². The summed E-state index contributed by atoms with van der Waals surface area (Å²) in [5, 5.41) is 8.98. The molecule has 1 aliphatic carbocycles. The molecule has 0 radical (unpaired) electrons. The predicted molar refractivity (Wildman–Crippen MR) is 80.5 cm³/mol. The second-order valence-corrected chi connectivity index (χ2v) is 7.65. The van der Waals surface area contributed by atoms with Crippen LogP contribution in [0.1, 0.15) is 30.1 Å². The highest BCUT2D eigenvalue weighted by atomic mass is 32.2. The fraction of sp³-hybridized carbons (Fsp3) is 0.769. The lowest BCUT2D eigenvalue weighted by atomic mass is 9.93. The standard InChI is InChI=1S/C13H21N3S2/c1-16-13-4-2-3-12(11(13)8-15-16)14-7-10-9-17-5-6-18-10/h8,10,12,14H,2-7,9H2,1H3. The zero-order chi connectivity index (χ0) is 12.4. The predicted octanol–water partition coefficient (Wildman–Crippen LogP) is 2.24. The Kier molecular flexibility index (Phi) is 4.21. The van der Waals surface area contributed by atoms with Crippen LogP contribution >= 0.6 is 23.5 Å². The Bertz CT molecular complexity index is 399. The molecule has 0 saturated carbocycles. The average Bonchev–Trinajstić information content (AvgIpc) is 2.80. The topological polar surface area (TPSA) is 29.9 Å². The summed E-state index contributed by atoms with van der Waals surface area (Å²) in [7, 11) is 2.06. The van der Waals surface area contributed by atoms with E-state index in [9.17, 15) is 0 Å². The van der Waals surface area contributed by atoms with Gasteiger partial charge in [-0.3, -0.25) is 4.68 Å². The highest BCUT2D eigenvalue weighted by molar-refractivity contribution is 8.06. The van der Waals surface area contributed by atoms with Gasteiger partial charge in [-0.1, -0.05) is 0 Å². The van der Waals surface area contributed by atoms with Crippen molar-refractivity contribution in [1.29, 1.82) is 0 Å². The first-order chi connectivity index (χ1) is 8.84. The Morgan fingerprint density at radius 1 is 1.50 bits per heavy atom. The number of thioether (sulfide) groups is 2. The van der Waals surface area contributed by atoms with Gasteiger partial charge in [-0.15, -0.1) is 0 Å². The Hall–Kier alpha value is -0.130. The number of aromatic nitrogens is 2. The fourth-order valence-electron chi connectivity index (χ4n) is 2.85. The van der Waals surface area contributed by atoms with Crippen LogP contribution in [0.5, 0.6) is 0 Å². The maximum atomic E-state index is 4.41. The molecule has 1 N–H and O–H groups in total. The minimum Gasteiger partial charge on any atom is -0.309 e. The summed E-state index contributed by atoms with van der Waals surface area (Å²) >= 11 is 4.24. The number of nitrogens with zero attached hydrogens (tertiary/aromatic N) is 2. The van der Waals surface area contributed by atoms with Crippen molar-refractivity contribution in [2.75, 3.05) is 23.8 Å². The lowest BCUT2D eigenvalue weighted by Gasteiger charge is -2.27. The molecule has 18 heavy (non-hydrogen) atoms. The molecule has 1 saturated heterocycles. The van der Waals surface area contributed by atoms with E-state index in [1.807, 2.05) is 4.68 Å². The van der Waals surface area contributed by atoms with Crippen LogP contribution in [0.15, 0.2) is 6.20 Å². The van der Waals surface area contributed by atoms with Gasteiger partial charge in [-0.25, -0.2) is 0 Å². The molecule has 100 valence electrons. The van der Waals surface area contributed by atoms with Crippen LogP contribution in [0.25, 0.3) is 0 Å². The van der Waals surface area contributed by atoms with Crippen molar-refractivity contribution in [1.82, 2.24) is 15.1 Å². The second-order valence-electron chi connectivity index (χ2n) is 5.09. The lowest BCUT2D eigenvalue weighted by Crippen LogP contribution is -2.33. The van der Waals surface area contributed by atoms with Crippen LogP contribution in [-0.2, 0) is 13.5 Å². The van der Waals surface area contributed by atoms with Crippen molar-refractivity contribution in [3.8, 4) is 0 Å². The molecule has 1 aliphatic heterocycles. The van der Waals surface area contributed by atoms with Gasteiger partial charge in [0.1, 0.15) is 0 Å². The first-order valence-corrected chi connectivity index (χ1v) is 8.98. The van der Waals surface area contributed by atoms with Crippen LogP contribution in [-0.4, -0.2) is 38.8 Å². The number of rotatable bonds is 3. The van der Waals surface area contributed by atoms with E-state index in [1.54, 1.807) is 0 Å². The number of aryl methyl sites for hydroxylation is 1. The Morgan fingerprint density at radius 3 is 3.28 bits per heavy atom. The van der Waals surface area contributed by atoms with Gasteiger partial charge in [0.05, 0.1) is 6.20 Å². The Morgan fingerprint density at radius 2 is 2.44 bits per heavy atom. The van der Waals surface area contributed by atoms with Crippen LogP contribution in [0.2, 0.25) is 0 Å². The summed E-state index contributed by atoms with van der Waals surface area (Å²) in [6, 6.07) is 0.537. The van der Waals surface area contributed by atoms with E-state index in [2.05, 4.69) is 47.2 Å². The van der Waals surface area contributed by atoms with Crippen molar-refractivity contribution in [3.05, 3.63) is 17.5 Å². The third-order valence-electron chi connectivity index (χ3n) is 3.85. The van der Waals surface area contributed by atoms with E-state index in [0.717, 1.165) is 11.8 Å². The van der Waals surface area contributed by atoms with Gasteiger partial charge in [-0.2, -0.15) is 28.6 Å². The van der Waals surface area contributed by atoms with Crippen LogP contribution < -0.4 is 5.32 Å². The quantitative estimate of drug-likeness (QED) is 0.921. The SMILES string of the molecule is Cn1ncc2c1CCCC2NCC1CSCCS1. The fourth-order valence-corrected chi connectivity index (χ4v) is 5.47. The summed E-state index contributed by atoms with van der Waals surface area (Å²) in [6.07, 6.45) is 5.81. The van der Waals surface area contributed by atoms with E-state index in [4.69, 9.17) is 0 Å². The molecule has 3 rings (SSSR count). The normalized spacial score (nSPS) is 28.1. The molecule has 0 amide bonds. The maximum Gasteiger partial charge on any atom is 0.0540 e. The summed E-state index contributed by atoms with van der Waals surface area (Å²) < 4.78 is 2.05. The summed E-state index contributed by atoms with van der Waals surface area (Å²) in [5.41, 5.74) is 2.88. The summed E-state index contributed by atoms with van der Waals surface area (Å²) in [5.74, 6) is 3.96.